The highest BCUT2D eigenvalue weighted by Crippen LogP contribution is 2.42. The maximum atomic E-state index is 12.1. The van der Waals surface area contributed by atoms with E-state index in [-0.39, 0.29) is 5.91 Å². The number of amides is 1. The van der Waals surface area contributed by atoms with Gasteiger partial charge in [-0.1, -0.05) is 12.8 Å². The van der Waals surface area contributed by atoms with E-state index in [1.54, 1.807) is 0 Å². The molecule has 1 atom stereocenters. The zero-order valence-electron chi connectivity index (χ0n) is 12.0. The van der Waals surface area contributed by atoms with E-state index in [1.165, 1.54) is 38.5 Å². The number of nitrogens with two attached hydrogens (primary N) is 1. The van der Waals surface area contributed by atoms with Crippen molar-refractivity contribution in [2.24, 2.45) is 11.7 Å². The van der Waals surface area contributed by atoms with E-state index in [0.717, 1.165) is 19.4 Å². The summed E-state index contributed by atoms with van der Waals surface area (Å²) in [6.07, 6.45) is 9.93. The summed E-state index contributed by atoms with van der Waals surface area (Å²) >= 11 is 0. The van der Waals surface area contributed by atoms with Crippen LogP contribution in [0.25, 0.3) is 0 Å². The average molecular weight is 265 g/mol. The second-order valence-electron chi connectivity index (χ2n) is 6.88. The summed E-state index contributed by atoms with van der Waals surface area (Å²) in [6.45, 7) is 0.800. The number of carbonyl (C=O) groups excluding carboxylic acids is 1. The molecule has 3 aliphatic carbocycles. The van der Waals surface area contributed by atoms with Crippen molar-refractivity contribution in [1.82, 2.24) is 10.2 Å². The number of carbonyl (C=O) groups is 1. The molecule has 4 heteroatoms. The molecule has 3 N–H and O–H groups in total. The maximum absolute atomic E-state index is 12.1. The molecule has 108 valence electrons. The Hall–Kier alpha value is -0.610. The van der Waals surface area contributed by atoms with Crippen molar-refractivity contribution in [3.05, 3.63) is 0 Å². The van der Waals surface area contributed by atoms with E-state index < -0.39 is 5.54 Å². The van der Waals surface area contributed by atoms with Crippen LogP contribution in [0.5, 0.6) is 0 Å². The van der Waals surface area contributed by atoms with E-state index in [9.17, 15) is 4.79 Å². The summed E-state index contributed by atoms with van der Waals surface area (Å²) in [7, 11) is 2.17. The fourth-order valence-corrected chi connectivity index (χ4v) is 3.68. The van der Waals surface area contributed by atoms with Crippen molar-refractivity contribution in [2.75, 3.05) is 13.6 Å². The Balaban J connectivity index is 1.71. The fraction of sp³-hybridized carbons (Fsp3) is 0.933. The highest BCUT2D eigenvalue weighted by molar-refractivity contribution is 5.86. The van der Waals surface area contributed by atoms with Gasteiger partial charge in [-0.15, -0.1) is 0 Å². The molecule has 0 radical (unpaired) electrons. The van der Waals surface area contributed by atoms with Gasteiger partial charge < -0.3 is 10.6 Å². The van der Waals surface area contributed by atoms with Crippen LogP contribution in [-0.4, -0.2) is 42.0 Å². The Morgan fingerprint density at radius 1 is 1.21 bits per heavy atom. The predicted octanol–water partition coefficient (Wildman–Crippen LogP) is 1.25. The van der Waals surface area contributed by atoms with Crippen LogP contribution < -0.4 is 11.1 Å². The number of nitrogens with one attached hydrogen (secondary N) is 1. The van der Waals surface area contributed by atoms with Crippen molar-refractivity contribution < 1.29 is 4.79 Å². The van der Waals surface area contributed by atoms with Crippen LogP contribution in [0.15, 0.2) is 0 Å². The van der Waals surface area contributed by atoms with E-state index in [0.29, 0.717) is 18.0 Å². The number of hydrogen-bond donors (Lipinski definition) is 2. The third-order valence-electron chi connectivity index (χ3n) is 5.20. The van der Waals surface area contributed by atoms with Gasteiger partial charge in [0.2, 0.25) is 5.91 Å². The summed E-state index contributed by atoms with van der Waals surface area (Å²) in [4.78, 5) is 14.5. The molecule has 19 heavy (non-hydrogen) atoms. The van der Waals surface area contributed by atoms with Crippen LogP contribution in [0, 0.1) is 5.92 Å². The molecule has 1 amide bonds. The Kier molecular flexibility index (Phi) is 3.56. The molecule has 0 bridgehead atoms. The zero-order chi connectivity index (χ0) is 13.5. The molecule has 0 spiro atoms. The van der Waals surface area contributed by atoms with Crippen LogP contribution in [0.1, 0.15) is 51.4 Å². The molecule has 0 heterocycles. The van der Waals surface area contributed by atoms with Gasteiger partial charge >= 0.3 is 0 Å². The van der Waals surface area contributed by atoms with E-state index in [1.807, 2.05) is 0 Å². The minimum atomic E-state index is -0.460. The Bertz CT molecular complexity index is 345. The van der Waals surface area contributed by atoms with Crippen LogP contribution in [0.2, 0.25) is 0 Å². The first kappa shape index (κ1) is 13.4. The van der Waals surface area contributed by atoms with Gasteiger partial charge in [-0.25, -0.2) is 0 Å². The van der Waals surface area contributed by atoms with Gasteiger partial charge in [0.25, 0.3) is 0 Å². The van der Waals surface area contributed by atoms with Gasteiger partial charge in [-0.2, -0.15) is 0 Å². The summed E-state index contributed by atoms with van der Waals surface area (Å²) in [5.74, 6) is 0.334. The zero-order valence-corrected chi connectivity index (χ0v) is 12.0. The molecule has 0 saturated heterocycles. The fourth-order valence-electron chi connectivity index (χ4n) is 3.68. The van der Waals surface area contributed by atoms with Gasteiger partial charge in [0.1, 0.15) is 5.54 Å². The lowest BCUT2D eigenvalue weighted by Gasteiger charge is -2.38. The number of hydrogen-bond acceptors (Lipinski definition) is 3. The maximum Gasteiger partial charge on any atom is 0.239 e. The van der Waals surface area contributed by atoms with Crippen LogP contribution >= 0.6 is 0 Å². The molecule has 0 aromatic heterocycles. The molecule has 1 unspecified atom stereocenters. The highest BCUT2D eigenvalue weighted by atomic mass is 16.1. The molecular formula is C15H27N3O. The monoisotopic (exact) mass is 265 g/mol. The average Bonchev–Trinajstić information content (AvgIpc) is 3.28. The smallest absolute Gasteiger partial charge is 0.239 e. The number of nitrogens with zero attached hydrogens (tertiary/aromatic N) is 1. The first-order valence-corrected chi connectivity index (χ1v) is 7.89. The first-order chi connectivity index (χ1) is 9.12. The van der Waals surface area contributed by atoms with Gasteiger partial charge in [0.05, 0.1) is 0 Å². The van der Waals surface area contributed by atoms with E-state index in [4.69, 9.17) is 5.73 Å². The predicted molar refractivity (Wildman–Crippen MR) is 75.7 cm³/mol. The topological polar surface area (TPSA) is 58.4 Å². The summed E-state index contributed by atoms with van der Waals surface area (Å²) in [5, 5.41) is 3.60. The lowest BCUT2D eigenvalue weighted by molar-refractivity contribution is -0.126. The highest BCUT2D eigenvalue weighted by Gasteiger charge is 2.52. The minimum absolute atomic E-state index is 0.133. The summed E-state index contributed by atoms with van der Waals surface area (Å²) in [6, 6.07) is 1.18. The largest absolute Gasteiger partial charge is 0.368 e. The third-order valence-corrected chi connectivity index (χ3v) is 5.20. The van der Waals surface area contributed by atoms with Crippen molar-refractivity contribution in [2.45, 2.75) is 69.0 Å². The lowest BCUT2D eigenvalue weighted by Crippen LogP contribution is -2.64. The SMILES string of the molecule is CN(CC(NC1CC1)(C(N)=O)C1CC1)C1CCCC1. The molecule has 0 aromatic carbocycles. The molecular weight excluding hydrogens is 238 g/mol. The summed E-state index contributed by atoms with van der Waals surface area (Å²) in [5.41, 5.74) is 5.35. The number of rotatable bonds is 7. The Labute approximate surface area is 116 Å². The normalized spacial score (nSPS) is 27.7. The van der Waals surface area contributed by atoms with Gasteiger partial charge in [0.15, 0.2) is 0 Å². The molecule has 3 aliphatic rings. The van der Waals surface area contributed by atoms with Crippen molar-refractivity contribution >= 4 is 5.91 Å². The first-order valence-electron chi connectivity index (χ1n) is 7.89. The molecule has 3 fully saturated rings. The van der Waals surface area contributed by atoms with E-state index >= 15 is 0 Å². The summed E-state index contributed by atoms with van der Waals surface area (Å²) < 4.78 is 0. The van der Waals surface area contributed by atoms with Crippen molar-refractivity contribution in [1.29, 1.82) is 0 Å². The molecule has 4 nitrogen and oxygen atoms in total. The van der Waals surface area contributed by atoms with E-state index in [2.05, 4.69) is 17.3 Å². The van der Waals surface area contributed by atoms with Gasteiger partial charge in [-0.05, 0) is 51.5 Å². The van der Waals surface area contributed by atoms with Gasteiger partial charge in [0, 0.05) is 18.6 Å². The van der Waals surface area contributed by atoms with Gasteiger partial charge in [-0.3, -0.25) is 10.1 Å². The Morgan fingerprint density at radius 3 is 2.32 bits per heavy atom. The van der Waals surface area contributed by atoms with Crippen LogP contribution in [0.4, 0.5) is 0 Å². The third kappa shape index (κ3) is 2.79. The number of likely N-dealkylation sites (N-methyl/N-ethyl adjacent to an activating group) is 1. The minimum Gasteiger partial charge on any atom is -0.368 e. The van der Waals surface area contributed by atoms with Crippen LogP contribution in [-0.2, 0) is 4.79 Å². The lowest BCUT2D eigenvalue weighted by atomic mass is 9.90. The second kappa shape index (κ2) is 5.06. The molecule has 0 aliphatic heterocycles. The quantitative estimate of drug-likeness (QED) is 0.728. The second-order valence-corrected chi connectivity index (χ2v) is 6.88. The molecule has 0 aromatic rings. The molecule has 3 rings (SSSR count). The standard InChI is InChI=1S/C15H27N3O/c1-18(13-4-2-3-5-13)10-15(14(16)19,11-6-7-11)17-12-8-9-12/h11-13,17H,2-10H2,1H3,(H2,16,19). The number of primary amides is 1. The Morgan fingerprint density at radius 2 is 1.84 bits per heavy atom. The molecule has 3 saturated carbocycles. The van der Waals surface area contributed by atoms with Crippen molar-refractivity contribution in [3.8, 4) is 0 Å². The van der Waals surface area contributed by atoms with Crippen LogP contribution in [0.3, 0.4) is 0 Å². The van der Waals surface area contributed by atoms with Crippen molar-refractivity contribution in [3.63, 3.8) is 0 Å².